The van der Waals surface area contributed by atoms with Gasteiger partial charge in [0, 0.05) is 15.2 Å². The fourth-order valence-corrected chi connectivity index (χ4v) is 2.05. The highest BCUT2D eigenvalue weighted by atomic mass is 127. The van der Waals surface area contributed by atoms with E-state index in [1.54, 1.807) is 6.07 Å². The molecule has 0 fully saturated rings. The minimum absolute atomic E-state index is 0.128. The minimum Gasteiger partial charge on any atom is -0.228 e. The number of hydrogen-bond acceptors (Lipinski definition) is 3. The van der Waals surface area contributed by atoms with Gasteiger partial charge in [-0.15, -0.1) is 0 Å². The standard InChI is InChI=1S/C5H2BrClINO2S/c6-3-1-2-4(9-5(3)8)12(7,10)11/h1-2H. The Balaban J connectivity index is 3.33. The molecule has 1 heterocycles. The smallest absolute Gasteiger partial charge is 0.228 e. The third-order valence-electron chi connectivity index (χ3n) is 1.03. The maximum Gasteiger partial charge on any atom is 0.278 e. The van der Waals surface area contributed by atoms with Crippen LogP contribution in [0.4, 0.5) is 0 Å². The molecule has 0 atom stereocenters. The summed E-state index contributed by atoms with van der Waals surface area (Å²) < 4.78 is 22.9. The molecule has 1 aromatic heterocycles. The van der Waals surface area contributed by atoms with Crippen LogP contribution in [0.25, 0.3) is 0 Å². The van der Waals surface area contributed by atoms with Crippen LogP contribution in [0.3, 0.4) is 0 Å². The summed E-state index contributed by atoms with van der Waals surface area (Å²) in [6.07, 6.45) is 0. The van der Waals surface area contributed by atoms with E-state index >= 15 is 0 Å². The second-order valence-electron chi connectivity index (χ2n) is 1.86. The highest BCUT2D eigenvalue weighted by molar-refractivity contribution is 14.1. The fourth-order valence-electron chi connectivity index (χ4n) is 0.536. The maximum atomic E-state index is 10.8. The van der Waals surface area contributed by atoms with Crippen LogP contribution in [0, 0.1) is 3.70 Å². The molecule has 0 saturated heterocycles. The summed E-state index contributed by atoms with van der Waals surface area (Å²) in [5.41, 5.74) is 0. The van der Waals surface area contributed by atoms with Gasteiger partial charge in [-0.25, -0.2) is 13.4 Å². The van der Waals surface area contributed by atoms with Crippen molar-refractivity contribution in [1.82, 2.24) is 4.98 Å². The van der Waals surface area contributed by atoms with E-state index in [9.17, 15) is 8.42 Å². The Morgan fingerprint density at radius 1 is 1.50 bits per heavy atom. The van der Waals surface area contributed by atoms with Crippen molar-refractivity contribution in [2.45, 2.75) is 5.03 Å². The molecule has 0 radical (unpaired) electrons. The minimum atomic E-state index is -3.71. The van der Waals surface area contributed by atoms with Gasteiger partial charge in [-0.1, -0.05) is 0 Å². The highest BCUT2D eigenvalue weighted by Gasteiger charge is 2.12. The molecule has 0 aliphatic heterocycles. The molecular formula is C5H2BrClINO2S. The van der Waals surface area contributed by atoms with Crippen LogP contribution in [0.1, 0.15) is 0 Å². The number of rotatable bonds is 1. The summed E-state index contributed by atoms with van der Waals surface area (Å²) in [5.74, 6) is 0. The van der Waals surface area contributed by atoms with Crippen LogP contribution in [0.2, 0.25) is 0 Å². The lowest BCUT2D eigenvalue weighted by Gasteiger charge is -1.97. The Morgan fingerprint density at radius 2 is 2.08 bits per heavy atom. The lowest BCUT2D eigenvalue weighted by molar-refractivity contribution is 0.606. The molecular weight excluding hydrogens is 380 g/mol. The number of hydrogen-bond donors (Lipinski definition) is 0. The largest absolute Gasteiger partial charge is 0.278 e. The first kappa shape index (κ1) is 10.7. The Labute approximate surface area is 96.2 Å². The molecule has 3 nitrogen and oxygen atoms in total. The van der Waals surface area contributed by atoms with Gasteiger partial charge in [-0.3, -0.25) is 0 Å². The fraction of sp³-hybridized carbons (Fsp3) is 0. The third kappa shape index (κ3) is 2.54. The number of halogens is 3. The first-order valence-electron chi connectivity index (χ1n) is 2.68. The lowest BCUT2D eigenvalue weighted by atomic mass is 10.5. The summed E-state index contributed by atoms with van der Waals surface area (Å²) in [5, 5.41) is -0.128. The van der Waals surface area contributed by atoms with Gasteiger partial charge in [0.2, 0.25) is 0 Å². The van der Waals surface area contributed by atoms with Gasteiger partial charge in [0.15, 0.2) is 5.03 Å². The van der Waals surface area contributed by atoms with Crippen LogP contribution in [-0.4, -0.2) is 13.4 Å². The van der Waals surface area contributed by atoms with E-state index in [2.05, 4.69) is 20.9 Å². The van der Waals surface area contributed by atoms with Crippen molar-refractivity contribution in [3.63, 3.8) is 0 Å². The zero-order chi connectivity index (χ0) is 9.35. The average molecular weight is 382 g/mol. The van der Waals surface area contributed by atoms with E-state index < -0.39 is 9.05 Å². The predicted octanol–water partition coefficient (Wildman–Crippen LogP) is 2.38. The van der Waals surface area contributed by atoms with E-state index in [1.165, 1.54) is 6.07 Å². The lowest BCUT2D eigenvalue weighted by Crippen LogP contribution is -1.96. The molecule has 0 spiro atoms. The van der Waals surface area contributed by atoms with Gasteiger partial charge in [0.05, 0.1) is 0 Å². The molecule has 0 aliphatic carbocycles. The van der Waals surface area contributed by atoms with Crippen LogP contribution in [0.15, 0.2) is 21.6 Å². The van der Waals surface area contributed by atoms with Crippen molar-refractivity contribution in [2.75, 3.05) is 0 Å². The third-order valence-corrected chi connectivity index (χ3v) is 4.43. The monoisotopic (exact) mass is 381 g/mol. The predicted molar refractivity (Wildman–Crippen MR) is 57.7 cm³/mol. The molecule has 0 aliphatic rings. The van der Waals surface area contributed by atoms with E-state index in [0.29, 0.717) is 3.70 Å². The summed E-state index contributed by atoms with van der Waals surface area (Å²) in [4.78, 5) is 3.76. The molecule has 1 rings (SSSR count). The van der Waals surface area contributed by atoms with Crippen molar-refractivity contribution < 1.29 is 8.42 Å². The van der Waals surface area contributed by atoms with Crippen LogP contribution >= 0.6 is 49.2 Å². The molecule has 0 unspecified atom stereocenters. The maximum absolute atomic E-state index is 10.8. The topological polar surface area (TPSA) is 47.0 Å². The van der Waals surface area contributed by atoms with Crippen molar-refractivity contribution in [1.29, 1.82) is 0 Å². The first-order valence-corrected chi connectivity index (χ1v) is 6.86. The Hall–Kier alpha value is 0.600. The quantitative estimate of drug-likeness (QED) is 0.426. The number of aromatic nitrogens is 1. The van der Waals surface area contributed by atoms with Gasteiger partial charge in [0.1, 0.15) is 3.70 Å². The molecule has 0 N–H and O–H groups in total. The molecule has 0 bridgehead atoms. The molecule has 0 saturated carbocycles. The number of pyridine rings is 1. The first-order chi connectivity index (χ1) is 5.41. The summed E-state index contributed by atoms with van der Waals surface area (Å²) in [6, 6.07) is 2.93. The molecule has 0 amide bonds. The van der Waals surface area contributed by atoms with Gasteiger partial charge >= 0.3 is 0 Å². The van der Waals surface area contributed by atoms with Crippen LogP contribution in [-0.2, 0) is 9.05 Å². The van der Waals surface area contributed by atoms with Crippen molar-refractivity contribution in [3.05, 3.63) is 20.3 Å². The molecule has 66 valence electrons. The van der Waals surface area contributed by atoms with Gasteiger partial charge in [0.25, 0.3) is 9.05 Å². The summed E-state index contributed by atoms with van der Waals surface area (Å²) in [6.45, 7) is 0. The average Bonchev–Trinajstić information content (AvgIpc) is 1.92. The zero-order valence-electron chi connectivity index (χ0n) is 5.46. The molecule has 1 aromatic rings. The molecule has 0 aromatic carbocycles. The van der Waals surface area contributed by atoms with Crippen LogP contribution < -0.4 is 0 Å². The van der Waals surface area contributed by atoms with Gasteiger partial charge in [-0.2, -0.15) is 0 Å². The number of nitrogens with zero attached hydrogens (tertiary/aromatic N) is 1. The van der Waals surface area contributed by atoms with E-state index in [4.69, 9.17) is 10.7 Å². The molecule has 7 heteroatoms. The van der Waals surface area contributed by atoms with Crippen molar-refractivity contribution >= 4 is 58.3 Å². The summed E-state index contributed by atoms with van der Waals surface area (Å²) >= 11 is 5.10. The Bertz CT molecular complexity index is 408. The SMILES string of the molecule is O=S(=O)(Cl)c1ccc(Br)c(I)n1. The molecule has 12 heavy (non-hydrogen) atoms. The van der Waals surface area contributed by atoms with Gasteiger partial charge in [-0.05, 0) is 50.7 Å². The summed E-state index contributed by atoms with van der Waals surface area (Å²) in [7, 11) is 1.37. The van der Waals surface area contributed by atoms with Gasteiger partial charge < -0.3 is 0 Å². The zero-order valence-corrected chi connectivity index (χ0v) is 10.8. The Kier molecular flexibility index (Phi) is 3.35. The second kappa shape index (κ2) is 3.77. The highest BCUT2D eigenvalue weighted by Crippen LogP contribution is 2.20. The second-order valence-corrected chi connectivity index (χ2v) is 6.25. The normalized spacial score (nSPS) is 11.6. The van der Waals surface area contributed by atoms with E-state index in [0.717, 1.165) is 4.47 Å². The van der Waals surface area contributed by atoms with E-state index in [-0.39, 0.29) is 5.03 Å². The Morgan fingerprint density at radius 3 is 2.50 bits per heavy atom. The van der Waals surface area contributed by atoms with Crippen molar-refractivity contribution in [3.8, 4) is 0 Å². The van der Waals surface area contributed by atoms with Crippen LogP contribution in [0.5, 0.6) is 0 Å². The van der Waals surface area contributed by atoms with Crippen molar-refractivity contribution in [2.24, 2.45) is 0 Å². The van der Waals surface area contributed by atoms with E-state index in [1.807, 2.05) is 22.6 Å².